The van der Waals surface area contributed by atoms with Crippen molar-refractivity contribution >= 4 is 11.0 Å². The Morgan fingerprint density at radius 1 is 0.795 bits per heavy atom. The average molecular weight is 591 g/mol. The van der Waals surface area contributed by atoms with Crippen LogP contribution < -0.4 is 14.9 Å². The number of fused-ring (bicyclic) bond motifs is 1. The highest BCUT2D eigenvalue weighted by Crippen LogP contribution is 2.30. The fourth-order valence-corrected chi connectivity index (χ4v) is 6.00. The van der Waals surface area contributed by atoms with E-state index in [2.05, 4.69) is 70.5 Å². The Labute approximate surface area is 257 Å². The van der Waals surface area contributed by atoms with Gasteiger partial charge in [-0.3, -0.25) is 14.6 Å². The molecule has 0 amide bonds. The van der Waals surface area contributed by atoms with Gasteiger partial charge in [0.15, 0.2) is 0 Å². The van der Waals surface area contributed by atoms with Crippen molar-refractivity contribution in [2.75, 3.05) is 39.3 Å². The third kappa shape index (κ3) is 7.03. The molecule has 1 aliphatic heterocycles. The van der Waals surface area contributed by atoms with Crippen LogP contribution in [0.2, 0.25) is 0 Å². The number of piperazine rings is 1. The number of aryl methyl sites for hydroxylation is 2. The fourth-order valence-electron chi connectivity index (χ4n) is 6.00. The fraction of sp³-hybridized carbons (Fsp3) is 0.270. The van der Waals surface area contributed by atoms with Gasteiger partial charge in [-0.25, -0.2) is 0 Å². The maximum atomic E-state index is 13.1. The lowest BCUT2D eigenvalue weighted by molar-refractivity contribution is 0.0401. The van der Waals surface area contributed by atoms with Gasteiger partial charge in [0.25, 0.3) is 0 Å². The van der Waals surface area contributed by atoms with E-state index in [9.17, 15) is 9.90 Å². The van der Waals surface area contributed by atoms with Gasteiger partial charge in [-0.2, -0.15) is 0 Å². The standard InChI is InChI=1S/C37H38N2O5/c1-26-19-27(2)21-32(20-26)44-35-25-43-34-22-31(13-14-33(34)37(35)41)42-24-30(40)23-38-15-17-39(18-16-38)36(28-9-5-3-6-10-28)29-11-7-4-8-12-29/h3-14,19-22,25,30,36,40H,15-18,23-24H2,1-2H3/t30-/m0/s1. The molecule has 4 aromatic carbocycles. The van der Waals surface area contributed by atoms with E-state index in [1.165, 1.54) is 17.4 Å². The van der Waals surface area contributed by atoms with Crippen molar-refractivity contribution in [2.45, 2.75) is 26.0 Å². The lowest BCUT2D eigenvalue weighted by atomic mass is 9.96. The van der Waals surface area contributed by atoms with E-state index in [-0.39, 0.29) is 23.8 Å². The molecule has 6 rings (SSSR count). The topological polar surface area (TPSA) is 75.4 Å². The summed E-state index contributed by atoms with van der Waals surface area (Å²) in [6.07, 6.45) is 0.678. The van der Waals surface area contributed by atoms with Crippen molar-refractivity contribution in [1.29, 1.82) is 0 Å². The molecule has 0 spiro atoms. The van der Waals surface area contributed by atoms with Crippen molar-refractivity contribution < 1.29 is 19.0 Å². The van der Waals surface area contributed by atoms with Crippen molar-refractivity contribution in [1.82, 2.24) is 9.80 Å². The van der Waals surface area contributed by atoms with Crippen LogP contribution in [0.25, 0.3) is 11.0 Å². The molecule has 226 valence electrons. The number of rotatable bonds is 10. The molecule has 0 bridgehead atoms. The first-order valence-electron chi connectivity index (χ1n) is 15.1. The maximum absolute atomic E-state index is 13.1. The Hall–Kier alpha value is -4.43. The quantitative estimate of drug-likeness (QED) is 0.203. The maximum Gasteiger partial charge on any atom is 0.235 e. The number of aliphatic hydroxyl groups is 1. The third-order valence-electron chi connectivity index (χ3n) is 8.05. The first-order chi connectivity index (χ1) is 21.4. The van der Waals surface area contributed by atoms with Crippen LogP contribution in [0.1, 0.15) is 28.3 Å². The van der Waals surface area contributed by atoms with Crippen LogP contribution in [-0.2, 0) is 0 Å². The van der Waals surface area contributed by atoms with Crippen LogP contribution in [0.15, 0.2) is 113 Å². The first-order valence-corrected chi connectivity index (χ1v) is 15.1. The van der Waals surface area contributed by atoms with Crippen LogP contribution >= 0.6 is 0 Å². The summed E-state index contributed by atoms with van der Waals surface area (Å²) >= 11 is 0. The van der Waals surface area contributed by atoms with Crippen LogP contribution in [0.4, 0.5) is 0 Å². The molecule has 0 aliphatic carbocycles. The summed E-state index contributed by atoms with van der Waals surface area (Å²) in [6, 6.07) is 32.4. The van der Waals surface area contributed by atoms with Crippen LogP contribution in [-0.4, -0.2) is 60.3 Å². The Balaban J connectivity index is 1.03. The number of benzene rings is 4. The summed E-state index contributed by atoms with van der Waals surface area (Å²) in [5, 5.41) is 11.2. The molecule has 7 heteroatoms. The van der Waals surface area contributed by atoms with Gasteiger partial charge in [-0.15, -0.1) is 0 Å². The zero-order valence-corrected chi connectivity index (χ0v) is 25.2. The monoisotopic (exact) mass is 590 g/mol. The third-order valence-corrected chi connectivity index (χ3v) is 8.05. The van der Waals surface area contributed by atoms with Crippen molar-refractivity contribution in [2.24, 2.45) is 0 Å². The molecule has 44 heavy (non-hydrogen) atoms. The zero-order valence-electron chi connectivity index (χ0n) is 25.2. The van der Waals surface area contributed by atoms with Crippen LogP contribution in [0.3, 0.4) is 0 Å². The molecule has 7 nitrogen and oxygen atoms in total. The average Bonchev–Trinajstić information content (AvgIpc) is 3.03. The summed E-state index contributed by atoms with van der Waals surface area (Å²) in [4.78, 5) is 17.9. The van der Waals surface area contributed by atoms with Gasteiger partial charge < -0.3 is 19.0 Å². The van der Waals surface area contributed by atoms with Gasteiger partial charge in [-0.1, -0.05) is 66.7 Å². The minimum absolute atomic E-state index is 0.130. The minimum Gasteiger partial charge on any atom is -0.491 e. The number of aliphatic hydroxyl groups excluding tert-OH is 1. The molecule has 1 aromatic heterocycles. The number of hydrogen-bond donors (Lipinski definition) is 1. The number of β-amino-alcohol motifs (C(OH)–C–C–N with tert-alkyl or cyclic N) is 1. The second-order valence-electron chi connectivity index (χ2n) is 11.5. The summed E-state index contributed by atoms with van der Waals surface area (Å²) in [5.41, 5.74) is 4.83. The number of ether oxygens (including phenoxy) is 2. The highest BCUT2D eigenvalue weighted by atomic mass is 16.5. The molecular weight excluding hydrogens is 552 g/mol. The molecule has 1 aliphatic rings. The Morgan fingerprint density at radius 2 is 1.43 bits per heavy atom. The van der Waals surface area contributed by atoms with E-state index in [1.807, 2.05) is 32.0 Å². The lowest BCUT2D eigenvalue weighted by Crippen LogP contribution is -2.50. The zero-order chi connectivity index (χ0) is 30.5. The number of hydrogen-bond acceptors (Lipinski definition) is 7. The molecule has 2 heterocycles. The number of nitrogens with zero attached hydrogens (tertiary/aromatic N) is 2. The smallest absolute Gasteiger partial charge is 0.235 e. The van der Waals surface area contributed by atoms with Crippen molar-refractivity contribution in [3.8, 4) is 17.2 Å². The highest BCUT2D eigenvalue weighted by Gasteiger charge is 2.27. The SMILES string of the molecule is Cc1cc(C)cc(Oc2coc3cc(OC[C@@H](O)CN4CCN(C(c5ccccc5)c5ccccc5)CC4)ccc3c2=O)c1. The predicted molar refractivity (Wildman–Crippen MR) is 173 cm³/mol. The normalized spacial score (nSPS) is 15.0. The predicted octanol–water partition coefficient (Wildman–Crippen LogP) is 6.35. The second-order valence-corrected chi connectivity index (χ2v) is 11.5. The van der Waals surface area contributed by atoms with Gasteiger partial charge in [0, 0.05) is 38.8 Å². The summed E-state index contributed by atoms with van der Waals surface area (Å²) < 4.78 is 17.5. The van der Waals surface area contributed by atoms with Crippen molar-refractivity contribution in [3.05, 3.63) is 136 Å². The Kier molecular flexibility index (Phi) is 9.07. The molecule has 1 fully saturated rings. The van der Waals surface area contributed by atoms with Gasteiger partial charge in [0.05, 0.1) is 11.4 Å². The molecule has 0 radical (unpaired) electrons. The largest absolute Gasteiger partial charge is 0.491 e. The van der Waals surface area contributed by atoms with Gasteiger partial charge in [0.2, 0.25) is 11.2 Å². The van der Waals surface area contributed by atoms with E-state index in [0.717, 1.165) is 37.3 Å². The van der Waals surface area contributed by atoms with E-state index in [4.69, 9.17) is 13.9 Å². The van der Waals surface area contributed by atoms with Crippen LogP contribution in [0.5, 0.6) is 17.2 Å². The van der Waals surface area contributed by atoms with E-state index in [1.54, 1.807) is 18.2 Å². The van der Waals surface area contributed by atoms with E-state index in [0.29, 0.717) is 29.0 Å². The Morgan fingerprint density at radius 3 is 2.07 bits per heavy atom. The highest BCUT2D eigenvalue weighted by molar-refractivity contribution is 5.79. The minimum atomic E-state index is -0.656. The molecular formula is C37H38N2O5. The van der Waals surface area contributed by atoms with Crippen molar-refractivity contribution in [3.63, 3.8) is 0 Å². The lowest BCUT2D eigenvalue weighted by Gasteiger charge is -2.40. The summed E-state index contributed by atoms with van der Waals surface area (Å²) in [5.74, 6) is 1.25. The molecule has 5 aromatic rings. The molecule has 1 atom stereocenters. The molecule has 1 N–H and O–H groups in total. The van der Waals surface area contributed by atoms with Gasteiger partial charge in [0.1, 0.15) is 36.1 Å². The van der Waals surface area contributed by atoms with Crippen LogP contribution in [0, 0.1) is 13.8 Å². The molecule has 1 saturated heterocycles. The molecule has 0 unspecified atom stereocenters. The first kappa shape index (κ1) is 29.6. The second kappa shape index (κ2) is 13.5. The summed E-state index contributed by atoms with van der Waals surface area (Å²) in [6.45, 7) is 8.16. The summed E-state index contributed by atoms with van der Waals surface area (Å²) in [7, 11) is 0. The molecule has 0 saturated carbocycles. The van der Waals surface area contributed by atoms with Gasteiger partial charge in [-0.05, 0) is 60.4 Å². The van der Waals surface area contributed by atoms with Gasteiger partial charge >= 0.3 is 0 Å². The van der Waals surface area contributed by atoms with E-state index >= 15 is 0 Å². The Bertz CT molecular complexity index is 1690. The van der Waals surface area contributed by atoms with E-state index < -0.39 is 6.10 Å².